The van der Waals surface area contributed by atoms with Crippen molar-refractivity contribution in [3.8, 4) is 0 Å². The first-order valence-electron chi connectivity index (χ1n) is 37.5. The molecule has 0 aliphatic heterocycles. The van der Waals surface area contributed by atoms with Crippen LogP contribution in [0.1, 0.15) is 169 Å². The van der Waals surface area contributed by atoms with Crippen molar-refractivity contribution in [2.75, 3.05) is 26.2 Å². The van der Waals surface area contributed by atoms with E-state index in [1.165, 1.54) is 13.8 Å². The molecule has 0 spiro atoms. The van der Waals surface area contributed by atoms with Crippen LogP contribution in [0, 0.1) is 11.8 Å². The van der Waals surface area contributed by atoms with Gasteiger partial charge in [-0.2, -0.15) is 0 Å². The van der Waals surface area contributed by atoms with Gasteiger partial charge in [0.15, 0.2) is 0 Å². The Hall–Kier alpha value is -11.0. The van der Waals surface area contributed by atoms with E-state index in [0.29, 0.717) is 18.4 Å². The number of primary amides is 1. The third-order valence-corrected chi connectivity index (χ3v) is 17.6. The molecule has 14 amide bonds. The minimum atomic E-state index is -2.06. The molecule has 0 heterocycles. The van der Waals surface area contributed by atoms with Crippen molar-refractivity contribution in [3.63, 3.8) is 0 Å². The number of carbonyl (C=O) groups excluding carboxylic acids is 14. The van der Waals surface area contributed by atoms with E-state index in [-0.39, 0.29) is 90.3 Å². The van der Waals surface area contributed by atoms with Gasteiger partial charge in [0.25, 0.3) is 0 Å². The second kappa shape index (κ2) is 53.8. The van der Waals surface area contributed by atoms with E-state index < -0.39 is 261 Å². The van der Waals surface area contributed by atoms with Crippen molar-refractivity contribution in [2.45, 2.75) is 255 Å². The van der Waals surface area contributed by atoms with Gasteiger partial charge in [0, 0.05) is 25.7 Å². The molecule has 0 aliphatic rings. The first-order chi connectivity index (χ1) is 53.6. The molecular formula is C71H116N18O25. The van der Waals surface area contributed by atoms with Crippen molar-refractivity contribution in [2.24, 2.45) is 40.5 Å². The third-order valence-electron chi connectivity index (χ3n) is 17.6. The van der Waals surface area contributed by atoms with Gasteiger partial charge in [-0.1, -0.05) is 64.4 Å². The van der Waals surface area contributed by atoms with Crippen LogP contribution < -0.4 is 97.8 Å². The predicted octanol–water partition coefficient (Wildman–Crippen LogP) is -6.60. The minimum Gasteiger partial charge on any atom is -0.481 e. The van der Waals surface area contributed by atoms with E-state index in [4.69, 9.17) is 33.8 Å². The van der Waals surface area contributed by atoms with Gasteiger partial charge >= 0.3 is 29.8 Å². The quantitative estimate of drug-likeness (QED) is 0.0270. The number of aliphatic hydroxyl groups is 1. The molecule has 1 aromatic rings. The van der Waals surface area contributed by atoms with E-state index in [0.717, 1.165) is 6.92 Å². The third kappa shape index (κ3) is 40.4. The van der Waals surface area contributed by atoms with Crippen molar-refractivity contribution in [1.82, 2.24) is 69.1 Å². The highest BCUT2D eigenvalue weighted by molar-refractivity contribution is 6.01. The summed E-state index contributed by atoms with van der Waals surface area (Å²) in [4.78, 5) is 252. The summed E-state index contributed by atoms with van der Waals surface area (Å²) in [5.41, 5.74) is 28.3. The van der Waals surface area contributed by atoms with Gasteiger partial charge in [-0.25, -0.2) is 4.79 Å². The van der Waals surface area contributed by atoms with Crippen LogP contribution in [0.3, 0.4) is 0 Å². The van der Waals surface area contributed by atoms with E-state index >= 15 is 0 Å². The number of amides is 14. The lowest BCUT2D eigenvalue weighted by molar-refractivity contribution is -0.143. The Bertz CT molecular complexity index is 3420. The number of hydrogen-bond acceptors (Lipinski definition) is 24. The lowest BCUT2D eigenvalue weighted by Crippen LogP contribution is -2.62. The van der Waals surface area contributed by atoms with Gasteiger partial charge in [-0.3, -0.25) is 86.3 Å². The predicted molar refractivity (Wildman–Crippen MR) is 404 cm³/mol. The van der Waals surface area contributed by atoms with E-state index in [2.05, 4.69) is 69.1 Å². The van der Waals surface area contributed by atoms with Gasteiger partial charge in [0.05, 0.1) is 31.5 Å². The molecule has 114 heavy (non-hydrogen) atoms. The van der Waals surface area contributed by atoms with Crippen LogP contribution >= 0.6 is 0 Å². The number of rotatable bonds is 59. The number of benzene rings is 1. The second-order valence-electron chi connectivity index (χ2n) is 27.8. The summed E-state index contributed by atoms with van der Waals surface area (Å²) >= 11 is 0. The molecule has 0 unspecified atom stereocenters. The number of carboxylic acids is 5. The molecule has 0 bridgehead atoms. The maximum atomic E-state index is 14.7. The maximum absolute atomic E-state index is 14.7. The Morgan fingerprint density at radius 3 is 1.22 bits per heavy atom. The number of nitrogens with one attached hydrogen (secondary N) is 13. The maximum Gasteiger partial charge on any atom is 0.326 e. The van der Waals surface area contributed by atoms with Crippen molar-refractivity contribution in [3.05, 3.63) is 35.9 Å². The van der Waals surface area contributed by atoms with Crippen LogP contribution in [0.15, 0.2) is 30.3 Å². The highest BCUT2D eigenvalue weighted by Crippen LogP contribution is 2.15. The fourth-order valence-corrected chi connectivity index (χ4v) is 11.0. The zero-order chi connectivity index (χ0) is 86.5. The smallest absolute Gasteiger partial charge is 0.326 e. The summed E-state index contributed by atoms with van der Waals surface area (Å²) in [5, 5.41) is 89.6. The molecule has 0 saturated heterocycles. The normalized spacial score (nSPS) is 15.0. The van der Waals surface area contributed by atoms with Crippen LogP contribution in [0.25, 0.3) is 0 Å². The highest BCUT2D eigenvalue weighted by atomic mass is 16.4. The van der Waals surface area contributed by atoms with Gasteiger partial charge < -0.3 is 128 Å². The molecule has 0 radical (unpaired) electrons. The Morgan fingerprint density at radius 2 is 0.772 bits per heavy atom. The zero-order valence-electron chi connectivity index (χ0n) is 64.9. The molecule has 0 aromatic heterocycles. The van der Waals surface area contributed by atoms with E-state index in [1.54, 1.807) is 51.1 Å². The Morgan fingerprint density at radius 1 is 0.386 bits per heavy atom. The average molecular weight is 1620 g/mol. The van der Waals surface area contributed by atoms with Gasteiger partial charge in [0.1, 0.15) is 72.5 Å². The number of carbonyl (C=O) groups is 19. The van der Waals surface area contributed by atoms with Crippen molar-refractivity contribution < 1.29 is 122 Å². The van der Waals surface area contributed by atoms with Crippen LogP contribution in [0.5, 0.6) is 0 Å². The number of aliphatic hydroxyl groups excluding tert-OH is 1. The fraction of sp³-hybridized carbons (Fsp3) is 0.648. The lowest BCUT2D eigenvalue weighted by Gasteiger charge is -2.29. The standard InChI is InChI=1S/C71H116N18O25/c1-7-37(4)57(69(111)87-50(34-56(99)100)66(108)81-44(21-13-16-30-74)63(105)82-45(24-27-54(95)96)64(106)80-43(20-12-15-29-73)62(104)78-38(5)59(101)84-46(71(113)114)23-25-51(76)91)88-68(110)48(32-40-17-9-8-10-18-40)85-67(109)49(33-55(97)98)86-65(107)47(31-36(2)3)79-52(92)35-77-61(103)42(19-11-14-28-72)83-70(112)58(39(6)90)89-60(102)41(75)22-26-53(93)94/h8-10,17-18,36-39,41-50,57-58,90H,7,11-16,19-35,72-75H2,1-6H3,(H2,76,91)(H,77,103)(H,78,104)(H,79,92)(H,80,106)(H,81,108)(H,82,105)(H,83,112)(H,84,101)(H,85,109)(H,86,107)(H,87,111)(H,88,110)(H,89,102)(H,93,94)(H,95,96)(H,97,98)(H,99,100)(H,113,114)/t37-,38-,39+,41-,42-,43-,44-,45-,46-,47-,48-,49-,50-,57-,58-/m0/s1. The summed E-state index contributed by atoms with van der Waals surface area (Å²) in [6.45, 7) is 8.22. The van der Waals surface area contributed by atoms with Crippen molar-refractivity contribution >= 4 is 113 Å². The van der Waals surface area contributed by atoms with Crippen LogP contribution in [-0.4, -0.2) is 254 Å². The molecule has 0 fully saturated rings. The number of hydrogen-bond donors (Lipinski definition) is 24. The zero-order valence-corrected chi connectivity index (χ0v) is 64.9. The number of aliphatic carboxylic acids is 5. The molecule has 0 saturated carbocycles. The highest BCUT2D eigenvalue weighted by Gasteiger charge is 2.39. The monoisotopic (exact) mass is 1620 g/mol. The SMILES string of the molecule is CC[C@H](C)[C@H](NC(=O)[C@H](Cc1ccccc1)NC(=O)[C@H](CC(=O)O)NC(=O)[C@H](CC(C)C)NC(=O)CNC(=O)[C@H](CCCCN)NC(=O)[C@@H](NC(=O)[C@@H](N)CCC(=O)O)[C@@H](C)O)C(=O)N[C@@H](CC(=O)O)C(=O)N[C@@H](CCCCN)C(=O)N[C@@H](CCC(=O)O)C(=O)N[C@@H](CCCCN)C(=O)N[C@@H](C)C(=O)N[C@@H](CCC(N)=O)C(=O)O. The first-order valence-corrected chi connectivity index (χ1v) is 37.5. The molecule has 15 atom stereocenters. The lowest BCUT2D eigenvalue weighted by atomic mass is 9.96. The minimum absolute atomic E-state index is 0.0599. The Kier molecular flexibility index (Phi) is 47.7. The van der Waals surface area contributed by atoms with E-state index in [9.17, 15) is 117 Å². The molecule has 43 nitrogen and oxygen atoms in total. The van der Waals surface area contributed by atoms with Gasteiger partial charge in [0.2, 0.25) is 82.7 Å². The largest absolute Gasteiger partial charge is 0.481 e. The topological polar surface area (TPSA) is 732 Å². The van der Waals surface area contributed by atoms with E-state index in [1.807, 2.05) is 0 Å². The van der Waals surface area contributed by atoms with Crippen molar-refractivity contribution in [1.29, 1.82) is 0 Å². The first kappa shape index (κ1) is 101. The van der Waals surface area contributed by atoms with Crippen LogP contribution in [0.2, 0.25) is 0 Å². The summed E-state index contributed by atoms with van der Waals surface area (Å²) in [5.74, 6) is -24.0. The molecular weight excluding hydrogens is 1500 g/mol. The molecule has 640 valence electrons. The summed E-state index contributed by atoms with van der Waals surface area (Å²) in [6.07, 6.45) is -6.39. The van der Waals surface area contributed by atoms with Crippen LogP contribution in [0.4, 0.5) is 0 Å². The average Bonchev–Trinajstić information content (AvgIpc) is 0.853. The molecule has 1 aromatic carbocycles. The summed E-state index contributed by atoms with van der Waals surface area (Å²) < 4.78 is 0. The van der Waals surface area contributed by atoms with Gasteiger partial charge in [-0.15, -0.1) is 0 Å². The molecule has 43 heteroatoms. The molecule has 0 aliphatic carbocycles. The Balaban J connectivity index is 3.68. The Labute approximate surface area is 658 Å². The summed E-state index contributed by atoms with van der Waals surface area (Å²) in [6, 6.07) is -13.7. The number of unbranched alkanes of at least 4 members (excludes halogenated alkanes) is 3. The van der Waals surface area contributed by atoms with Gasteiger partial charge in [-0.05, 0) is 134 Å². The number of carboxylic acid groups (broad SMARTS) is 5. The molecule has 29 N–H and O–H groups in total. The number of nitrogens with two attached hydrogens (primary N) is 5. The second-order valence-corrected chi connectivity index (χ2v) is 27.8. The summed E-state index contributed by atoms with van der Waals surface area (Å²) in [7, 11) is 0. The van der Waals surface area contributed by atoms with Crippen LogP contribution in [-0.2, 0) is 97.5 Å². The fourth-order valence-electron chi connectivity index (χ4n) is 11.0. The molecule has 1 rings (SSSR count).